The SMILES string of the molecule is CN1CCCN(C(=O)C2=NN(c3ccc(F)cc3)[C@H](C(N)=O)C2)c2nc3ccccc3nc21. The molecule has 9 nitrogen and oxygen atoms in total. The molecule has 0 radical (unpaired) electrons. The lowest BCUT2D eigenvalue weighted by molar-refractivity contribution is -0.119. The minimum Gasteiger partial charge on any atom is -0.368 e. The van der Waals surface area contributed by atoms with Crippen LogP contribution >= 0.6 is 0 Å². The fourth-order valence-electron chi connectivity index (χ4n) is 4.14. The summed E-state index contributed by atoms with van der Waals surface area (Å²) >= 11 is 0. The first kappa shape index (κ1) is 20.8. The van der Waals surface area contributed by atoms with Crippen LogP contribution < -0.4 is 20.5 Å². The van der Waals surface area contributed by atoms with Gasteiger partial charge in [-0.1, -0.05) is 12.1 Å². The molecule has 10 heteroatoms. The highest BCUT2D eigenvalue weighted by Crippen LogP contribution is 2.32. The zero-order valence-electron chi connectivity index (χ0n) is 18.0. The molecule has 3 aromatic rings. The summed E-state index contributed by atoms with van der Waals surface area (Å²) in [6.45, 7) is 1.14. The van der Waals surface area contributed by atoms with E-state index in [-0.39, 0.29) is 18.0 Å². The van der Waals surface area contributed by atoms with E-state index in [9.17, 15) is 14.0 Å². The maximum atomic E-state index is 13.6. The van der Waals surface area contributed by atoms with Gasteiger partial charge in [-0.25, -0.2) is 14.4 Å². The molecule has 3 heterocycles. The molecule has 2 N–H and O–H groups in total. The molecule has 0 bridgehead atoms. The smallest absolute Gasteiger partial charge is 0.275 e. The quantitative estimate of drug-likeness (QED) is 0.659. The second-order valence-corrected chi connectivity index (χ2v) is 8.08. The number of carbonyl (C=O) groups is 2. The molecule has 0 saturated heterocycles. The fraction of sp³-hybridized carbons (Fsp3) is 0.261. The van der Waals surface area contributed by atoms with Crippen molar-refractivity contribution in [2.24, 2.45) is 10.8 Å². The van der Waals surface area contributed by atoms with E-state index in [1.54, 1.807) is 4.90 Å². The number of amides is 2. The van der Waals surface area contributed by atoms with Crippen molar-refractivity contribution < 1.29 is 14.0 Å². The highest BCUT2D eigenvalue weighted by molar-refractivity contribution is 6.45. The van der Waals surface area contributed by atoms with Gasteiger partial charge in [0.05, 0.1) is 16.7 Å². The van der Waals surface area contributed by atoms with Gasteiger partial charge in [0.2, 0.25) is 5.91 Å². The molecule has 0 fully saturated rings. The maximum absolute atomic E-state index is 13.6. The number of para-hydroxylation sites is 2. The molecule has 0 aliphatic carbocycles. The topological polar surface area (TPSA) is 108 Å². The van der Waals surface area contributed by atoms with E-state index in [0.29, 0.717) is 42.4 Å². The molecule has 168 valence electrons. The minimum absolute atomic E-state index is 0.0498. The van der Waals surface area contributed by atoms with E-state index in [1.807, 2.05) is 36.2 Å². The van der Waals surface area contributed by atoms with Gasteiger partial charge in [-0.15, -0.1) is 0 Å². The average Bonchev–Trinajstić information content (AvgIpc) is 3.20. The van der Waals surface area contributed by atoms with Crippen molar-refractivity contribution in [1.82, 2.24) is 9.97 Å². The van der Waals surface area contributed by atoms with Gasteiger partial charge in [0.15, 0.2) is 11.6 Å². The predicted molar refractivity (Wildman–Crippen MR) is 124 cm³/mol. The Morgan fingerprint density at radius 1 is 1.00 bits per heavy atom. The molecule has 5 rings (SSSR count). The van der Waals surface area contributed by atoms with Crippen molar-refractivity contribution in [2.75, 3.05) is 34.9 Å². The van der Waals surface area contributed by atoms with Gasteiger partial charge >= 0.3 is 0 Å². The molecular formula is C23H22FN7O2. The lowest BCUT2D eigenvalue weighted by Gasteiger charge is -2.22. The summed E-state index contributed by atoms with van der Waals surface area (Å²) in [5.74, 6) is -0.318. The van der Waals surface area contributed by atoms with Crippen LogP contribution in [0, 0.1) is 5.82 Å². The number of benzene rings is 2. The molecular weight excluding hydrogens is 425 g/mol. The Hall–Kier alpha value is -4.08. The van der Waals surface area contributed by atoms with Gasteiger partial charge in [0.1, 0.15) is 17.6 Å². The summed E-state index contributed by atoms with van der Waals surface area (Å²) in [5, 5.41) is 5.81. The number of fused-ring (bicyclic) bond motifs is 2. The van der Waals surface area contributed by atoms with E-state index in [4.69, 9.17) is 15.7 Å². The van der Waals surface area contributed by atoms with Crippen molar-refractivity contribution in [3.63, 3.8) is 0 Å². The normalized spacial score (nSPS) is 18.2. The summed E-state index contributed by atoms with van der Waals surface area (Å²) in [7, 11) is 1.92. The number of aromatic nitrogens is 2. The molecule has 33 heavy (non-hydrogen) atoms. The second kappa shape index (κ2) is 8.12. The number of nitrogens with two attached hydrogens (primary N) is 1. The highest BCUT2D eigenvalue weighted by Gasteiger charge is 2.38. The van der Waals surface area contributed by atoms with Crippen LogP contribution in [0.1, 0.15) is 12.8 Å². The number of hydrogen-bond acceptors (Lipinski definition) is 7. The molecule has 0 spiro atoms. The van der Waals surface area contributed by atoms with Crippen LogP contribution in [0.3, 0.4) is 0 Å². The Morgan fingerprint density at radius 3 is 2.33 bits per heavy atom. The maximum Gasteiger partial charge on any atom is 0.275 e. The lowest BCUT2D eigenvalue weighted by atomic mass is 10.1. The van der Waals surface area contributed by atoms with Crippen LogP contribution in [-0.4, -0.2) is 53.7 Å². The highest BCUT2D eigenvalue weighted by atomic mass is 19.1. The number of halogens is 1. The first-order valence-electron chi connectivity index (χ1n) is 10.6. The zero-order valence-corrected chi connectivity index (χ0v) is 18.0. The molecule has 2 amide bonds. The Labute approximate surface area is 189 Å². The summed E-state index contributed by atoms with van der Waals surface area (Å²) in [6, 6.07) is 12.2. The molecule has 2 aliphatic rings. The fourth-order valence-corrected chi connectivity index (χ4v) is 4.14. The van der Waals surface area contributed by atoms with E-state index in [1.165, 1.54) is 29.3 Å². The van der Waals surface area contributed by atoms with Gasteiger partial charge in [-0.2, -0.15) is 5.10 Å². The van der Waals surface area contributed by atoms with Crippen LogP contribution in [0.25, 0.3) is 11.0 Å². The Bertz CT molecular complexity index is 1280. The van der Waals surface area contributed by atoms with Crippen LogP contribution in [0.4, 0.5) is 21.7 Å². The number of carbonyl (C=O) groups excluding carboxylic acids is 2. The van der Waals surface area contributed by atoms with Crippen molar-refractivity contribution in [1.29, 1.82) is 0 Å². The number of primary amides is 1. The second-order valence-electron chi connectivity index (χ2n) is 8.08. The third kappa shape index (κ3) is 3.73. The number of hydrazone groups is 1. The number of hydrogen-bond donors (Lipinski definition) is 1. The Morgan fingerprint density at radius 2 is 1.67 bits per heavy atom. The summed E-state index contributed by atoms with van der Waals surface area (Å²) in [4.78, 5) is 38.8. The first-order valence-corrected chi connectivity index (χ1v) is 10.6. The molecule has 2 aromatic carbocycles. The van der Waals surface area contributed by atoms with Crippen LogP contribution in [0.2, 0.25) is 0 Å². The third-order valence-electron chi connectivity index (χ3n) is 5.85. The van der Waals surface area contributed by atoms with Gasteiger partial charge in [0.25, 0.3) is 5.91 Å². The van der Waals surface area contributed by atoms with E-state index < -0.39 is 17.8 Å². The summed E-state index contributed by atoms with van der Waals surface area (Å²) in [6.07, 6.45) is 0.763. The number of rotatable bonds is 3. The third-order valence-corrected chi connectivity index (χ3v) is 5.85. The van der Waals surface area contributed by atoms with Gasteiger partial charge < -0.3 is 10.6 Å². The average molecular weight is 447 g/mol. The van der Waals surface area contributed by atoms with E-state index in [0.717, 1.165) is 5.52 Å². The predicted octanol–water partition coefficient (Wildman–Crippen LogP) is 2.06. The Balaban J connectivity index is 1.54. The Kier molecular flexibility index (Phi) is 5.12. The molecule has 0 unspecified atom stereocenters. The van der Waals surface area contributed by atoms with E-state index in [2.05, 4.69) is 5.10 Å². The van der Waals surface area contributed by atoms with Gasteiger partial charge in [0, 0.05) is 26.6 Å². The van der Waals surface area contributed by atoms with Crippen LogP contribution in [-0.2, 0) is 9.59 Å². The van der Waals surface area contributed by atoms with Crippen LogP contribution in [0.15, 0.2) is 53.6 Å². The minimum atomic E-state index is -0.841. The first-order chi connectivity index (χ1) is 15.9. The number of anilines is 3. The van der Waals surface area contributed by atoms with Crippen molar-refractivity contribution in [3.8, 4) is 0 Å². The standard InChI is InChI=1S/C23H22FN7O2/c1-29-11-4-12-30(22-21(29)26-16-5-2-3-6-17(16)27-22)23(33)18-13-19(20(25)32)31(28-18)15-9-7-14(24)8-10-15/h2-3,5-10,19H,4,11-13H2,1H3,(H2,25,32)/t19-/m0/s1. The van der Waals surface area contributed by atoms with E-state index >= 15 is 0 Å². The van der Waals surface area contributed by atoms with Gasteiger partial charge in [-0.05, 0) is 42.8 Å². The van der Waals surface area contributed by atoms with Crippen LogP contribution in [0.5, 0.6) is 0 Å². The zero-order chi connectivity index (χ0) is 23.1. The monoisotopic (exact) mass is 447 g/mol. The van der Waals surface area contributed by atoms with Crippen molar-refractivity contribution in [3.05, 3.63) is 54.3 Å². The molecule has 1 atom stereocenters. The largest absolute Gasteiger partial charge is 0.368 e. The molecule has 1 aromatic heterocycles. The number of nitrogens with zero attached hydrogens (tertiary/aromatic N) is 6. The summed E-state index contributed by atoms with van der Waals surface area (Å²) < 4.78 is 13.4. The molecule has 2 aliphatic heterocycles. The lowest BCUT2D eigenvalue weighted by Crippen LogP contribution is -2.41. The summed E-state index contributed by atoms with van der Waals surface area (Å²) in [5.41, 5.74) is 7.69. The van der Waals surface area contributed by atoms with Crippen molar-refractivity contribution in [2.45, 2.75) is 18.9 Å². The molecule has 0 saturated carbocycles. The van der Waals surface area contributed by atoms with Crippen molar-refractivity contribution >= 4 is 45.9 Å². The van der Waals surface area contributed by atoms with Gasteiger partial charge in [-0.3, -0.25) is 19.5 Å².